The molecular formula is C14H13ClO2. The minimum Gasteiger partial charge on any atom is -0.392 e. The molecule has 2 rings (SSSR count). The first-order chi connectivity index (χ1) is 8.22. The smallest absolute Gasteiger partial charge is 0.0682 e. The molecule has 0 aliphatic carbocycles. The first-order valence-corrected chi connectivity index (χ1v) is 5.71. The zero-order valence-electron chi connectivity index (χ0n) is 9.23. The van der Waals surface area contributed by atoms with Gasteiger partial charge in [0.25, 0.3) is 0 Å². The van der Waals surface area contributed by atoms with Gasteiger partial charge in [0.1, 0.15) is 0 Å². The highest BCUT2D eigenvalue weighted by Gasteiger charge is 2.03. The van der Waals surface area contributed by atoms with E-state index in [1.165, 1.54) is 0 Å². The number of rotatable bonds is 3. The lowest BCUT2D eigenvalue weighted by molar-refractivity contribution is 0.275. The van der Waals surface area contributed by atoms with Gasteiger partial charge in [0.15, 0.2) is 0 Å². The van der Waals surface area contributed by atoms with Crippen LogP contribution in [0.4, 0.5) is 0 Å². The van der Waals surface area contributed by atoms with Crippen LogP contribution in [0, 0.1) is 0 Å². The highest BCUT2D eigenvalue weighted by Crippen LogP contribution is 2.25. The summed E-state index contributed by atoms with van der Waals surface area (Å²) in [5.74, 6) is 0. The molecule has 0 aliphatic rings. The van der Waals surface area contributed by atoms with Crippen LogP contribution >= 0.6 is 11.6 Å². The third-order valence-electron chi connectivity index (χ3n) is 2.58. The van der Waals surface area contributed by atoms with Crippen LogP contribution in [0.15, 0.2) is 42.5 Å². The fourth-order valence-electron chi connectivity index (χ4n) is 1.78. The summed E-state index contributed by atoms with van der Waals surface area (Å²) in [5.41, 5.74) is 3.49. The van der Waals surface area contributed by atoms with Gasteiger partial charge in [-0.25, -0.2) is 0 Å². The maximum absolute atomic E-state index is 9.18. The lowest BCUT2D eigenvalue weighted by atomic mass is 10.0. The van der Waals surface area contributed by atoms with E-state index in [2.05, 4.69) is 0 Å². The van der Waals surface area contributed by atoms with Crippen LogP contribution in [0.2, 0.25) is 5.02 Å². The van der Waals surface area contributed by atoms with Crippen molar-refractivity contribution in [2.24, 2.45) is 0 Å². The van der Waals surface area contributed by atoms with Gasteiger partial charge in [0.05, 0.1) is 13.2 Å². The fraction of sp³-hybridized carbons (Fsp3) is 0.143. The Labute approximate surface area is 105 Å². The van der Waals surface area contributed by atoms with Crippen LogP contribution in [-0.2, 0) is 13.2 Å². The molecular weight excluding hydrogens is 236 g/mol. The maximum atomic E-state index is 9.18. The van der Waals surface area contributed by atoms with Gasteiger partial charge in [-0.15, -0.1) is 0 Å². The monoisotopic (exact) mass is 248 g/mol. The maximum Gasteiger partial charge on any atom is 0.0682 e. The Morgan fingerprint density at radius 3 is 2.00 bits per heavy atom. The number of halogens is 1. The van der Waals surface area contributed by atoms with Crippen molar-refractivity contribution < 1.29 is 10.2 Å². The minimum atomic E-state index is -0.0403. The van der Waals surface area contributed by atoms with Crippen LogP contribution in [-0.4, -0.2) is 10.2 Å². The third kappa shape index (κ3) is 2.86. The van der Waals surface area contributed by atoms with Gasteiger partial charge in [-0.2, -0.15) is 0 Å². The van der Waals surface area contributed by atoms with Crippen LogP contribution in [0.25, 0.3) is 11.1 Å². The van der Waals surface area contributed by atoms with Crippen LogP contribution in [0.1, 0.15) is 11.1 Å². The lowest BCUT2D eigenvalue weighted by Gasteiger charge is -2.07. The zero-order valence-corrected chi connectivity index (χ0v) is 9.98. The molecule has 0 aliphatic heterocycles. The first kappa shape index (κ1) is 12.1. The summed E-state index contributed by atoms with van der Waals surface area (Å²) in [4.78, 5) is 0. The number of hydrogen-bond donors (Lipinski definition) is 2. The van der Waals surface area contributed by atoms with Crippen molar-refractivity contribution in [1.82, 2.24) is 0 Å². The van der Waals surface area contributed by atoms with Gasteiger partial charge in [-0.05, 0) is 46.5 Å². The standard InChI is InChI=1S/C14H13ClO2/c15-14-3-1-2-12(7-14)13-5-10(8-16)4-11(6-13)9-17/h1-7,16-17H,8-9H2. The van der Waals surface area contributed by atoms with Crippen LogP contribution in [0.5, 0.6) is 0 Å². The van der Waals surface area contributed by atoms with E-state index in [9.17, 15) is 10.2 Å². The van der Waals surface area contributed by atoms with Crippen molar-refractivity contribution in [3.05, 3.63) is 58.6 Å². The molecule has 0 bridgehead atoms. The largest absolute Gasteiger partial charge is 0.392 e. The molecule has 0 aromatic heterocycles. The molecule has 2 nitrogen and oxygen atoms in total. The third-order valence-corrected chi connectivity index (χ3v) is 2.81. The SMILES string of the molecule is OCc1cc(CO)cc(-c2cccc(Cl)c2)c1. The van der Waals surface area contributed by atoms with Gasteiger partial charge in [-0.3, -0.25) is 0 Å². The topological polar surface area (TPSA) is 40.5 Å². The van der Waals surface area contributed by atoms with Gasteiger partial charge in [-0.1, -0.05) is 29.8 Å². The predicted molar refractivity (Wildman–Crippen MR) is 68.7 cm³/mol. The number of aliphatic hydroxyl groups excluding tert-OH is 2. The van der Waals surface area contributed by atoms with Crippen molar-refractivity contribution in [1.29, 1.82) is 0 Å². The summed E-state index contributed by atoms with van der Waals surface area (Å²) < 4.78 is 0. The van der Waals surface area contributed by atoms with Crippen molar-refractivity contribution in [3.63, 3.8) is 0 Å². The van der Waals surface area contributed by atoms with Crippen molar-refractivity contribution in [2.75, 3.05) is 0 Å². The molecule has 2 N–H and O–H groups in total. The van der Waals surface area contributed by atoms with E-state index in [1.807, 2.05) is 36.4 Å². The van der Waals surface area contributed by atoms with E-state index in [1.54, 1.807) is 6.07 Å². The molecule has 2 aromatic carbocycles. The molecule has 0 saturated carbocycles. The van der Waals surface area contributed by atoms with E-state index in [-0.39, 0.29) is 13.2 Å². The molecule has 0 amide bonds. The van der Waals surface area contributed by atoms with Crippen molar-refractivity contribution in [2.45, 2.75) is 13.2 Å². The molecule has 0 fully saturated rings. The first-order valence-electron chi connectivity index (χ1n) is 5.33. The normalized spacial score (nSPS) is 10.5. The second-order valence-corrected chi connectivity index (χ2v) is 4.30. The van der Waals surface area contributed by atoms with Gasteiger partial charge >= 0.3 is 0 Å². The quantitative estimate of drug-likeness (QED) is 0.877. The summed E-state index contributed by atoms with van der Waals surface area (Å²) in [6.07, 6.45) is 0. The second kappa shape index (κ2) is 5.32. The molecule has 0 saturated heterocycles. The van der Waals surface area contributed by atoms with Gasteiger partial charge in [0.2, 0.25) is 0 Å². The molecule has 0 unspecified atom stereocenters. The molecule has 0 radical (unpaired) electrons. The molecule has 88 valence electrons. The van der Waals surface area contributed by atoms with E-state index in [0.717, 1.165) is 22.3 Å². The average Bonchev–Trinajstić information content (AvgIpc) is 2.38. The summed E-state index contributed by atoms with van der Waals surface area (Å²) in [5, 5.41) is 19.0. The molecule has 0 atom stereocenters. The Morgan fingerprint density at radius 1 is 0.824 bits per heavy atom. The lowest BCUT2D eigenvalue weighted by Crippen LogP contribution is -1.91. The van der Waals surface area contributed by atoms with Gasteiger partial charge < -0.3 is 10.2 Å². The number of aliphatic hydroxyl groups is 2. The van der Waals surface area contributed by atoms with Crippen molar-refractivity contribution >= 4 is 11.6 Å². The van der Waals surface area contributed by atoms with Crippen LogP contribution < -0.4 is 0 Å². The molecule has 0 heterocycles. The highest BCUT2D eigenvalue weighted by molar-refractivity contribution is 6.30. The fourth-order valence-corrected chi connectivity index (χ4v) is 1.97. The van der Waals surface area contributed by atoms with E-state index in [0.29, 0.717) is 5.02 Å². The van der Waals surface area contributed by atoms with E-state index in [4.69, 9.17) is 11.6 Å². The van der Waals surface area contributed by atoms with Crippen LogP contribution in [0.3, 0.4) is 0 Å². The minimum absolute atomic E-state index is 0.0403. The Morgan fingerprint density at radius 2 is 1.47 bits per heavy atom. The van der Waals surface area contributed by atoms with E-state index < -0.39 is 0 Å². The summed E-state index contributed by atoms with van der Waals surface area (Å²) >= 11 is 5.94. The zero-order chi connectivity index (χ0) is 12.3. The average molecular weight is 249 g/mol. The highest BCUT2D eigenvalue weighted by atomic mass is 35.5. The molecule has 0 spiro atoms. The Hall–Kier alpha value is -1.35. The Kier molecular flexibility index (Phi) is 3.79. The van der Waals surface area contributed by atoms with Gasteiger partial charge in [0, 0.05) is 5.02 Å². The van der Waals surface area contributed by atoms with Crippen molar-refractivity contribution in [3.8, 4) is 11.1 Å². The molecule has 17 heavy (non-hydrogen) atoms. The number of benzene rings is 2. The summed E-state index contributed by atoms with van der Waals surface area (Å²) in [6.45, 7) is -0.0805. The molecule has 3 heteroatoms. The van der Waals surface area contributed by atoms with E-state index >= 15 is 0 Å². The molecule has 2 aromatic rings. The number of hydrogen-bond acceptors (Lipinski definition) is 2. The summed E-state index contributed by atoms with van der Waals surface area (Å²) in [7, 11) is 0. The Balaban J connectivity index is 2.50. The second-order valence-electron chi connectivity index (χ2n) is 3.86. The Bertz CT molecular complexity index is 501. The predicted octanol–water partition coefficient (Wildman–Crippen LogP) is 2.99. The summed E-state index contributed by atoms with van der Waals surface area (Å²) in [6, 6.07) is 13.1.